The lowest BCUT2D eigenvalue weighted by Crippen LogP contribution is -2.69. The van der Waals surface area contributed by atoms with Crippen molar-refractivity contribution in [2.24, 2.45) is 0 Å². The highest BCUT2D eigenvalue weighted by atomic mass is 35.6. The molecule has 1 amide bonds. The fourth-order valence-electron chi connectivity index (χ4n) is 5.86. The maximum absolute atomic E-state index is 13.7. The molecule has 0 aromatic heterocycles. The molecule has 0 saturated carbocycles. The Hall–Kier alpha value is -4.03. The molecule has 16 nitrogen and oxygen atoms in total. The van der Waals surface area contributed by atoms with Crippen molar-refractivity contribution in [1.82, 2.24) is 5.32 Å². The third-order valence-electron chi connectivity index (χ3n) is 8.12. The van der Waals surface area contributed by atoms with Gasteiger partial charge in [-0.25, -0.2) is 4.79 Å². The van der Waals surface area contributed by atoms with Crippen molar-refractivity contribution in [2.45, 2.75) is 106 Å². The summed E-state index contributed by atoms with van der Waals surface area (Å²) in [4.78, 5) is 63.0. The number of amides is 1. The molecule has 2 saturated heterocycles. The highest BCUT2D eigenvalue weighted by Crippen LogP contribution is 2.37. The van der Waals surface area contributed by atoms with E-state index >= 15 is 0 Å². The lowest BCUT2D eigenvalue weighted by Gasteiger charge is -2.49. The van der Waals surface area contributed by atoms with Gasteiger partial charge in [-0.1, -0.05) is 83.3 Å². The summed E-state index contributed by atoms with van der Waals surface area (Å²) in [5.41, 5.74) is 0.857. The number of carbonyl (C=O) groups excluding carboxylic acids is 5. The zero-order valence-corrected chi connectivity index (χ0v) is 32.6. The highest BCUT2D eigenvalue weighted by molar-refractivity contribution is 6.76. The molecule has 2 aliphatic rings. The summed E-state index contributed by atoms with van der Waals surface area (Å²) < 4.78 is 51.0. The van der Waals surface area contributed by atoms with Crippen LogP contribution in [0.2, 0.25) is 0 Å². The van der Waals surface area contributed by atoms with Crippen LogP contribution >= 0.6 is 34.8 Å². The first kappa shape index (κ1) is 43.7. The van der Waals surface area contributed by atoms with Gasteiger partial charge in [0.2, 0.25) is 18.1 Å². The van der Waals surface area contributed by atoms with E-state index in [1.54, 1.807) is 49.4 Å². The molecular weight excluding hydrogens is 791 g/mol. The number of hydrogen-bond acceptors (Lipinski definition) is 15. The summed E-state index contributed by atoms with van der Waals surface area (Å²) in [6, 6.07) is 15.5. The molecule has 19 heteroatoms. The van der Waals surface area contributed by atoms with E-state index in [4.69, 9.17) is 82.8 Å². The molecule has 2 heterocycles. The third-order valence-corrected chi connectivity index (χ3v) is 8.63. The van der Waals surface area contributed by atoms with E-state index in [2.05, 4.69) is 5.32 Å². The summed E-state index contributed by atoms with van der Waals surface area (Å²) in [5.74, 6) is -4.76. The van der Waals surface area contributed by atoms with Crippen LogP contribution in [0.15, 0.2) is 60.7 Å². The topological polar surface area (TPSA) is 204 Å². The van der Waals surface area contributed by atoms with E-state index in [9.17, 15) is 24.0 Å². The number of ether oxygens (including phenoxy) is 9. The summed E-state index contributed by atoms with van der Waals surface area (Å²) in [6.45, 7) is 5.57. The Labute approximate surface area is 331 Å². The number of alkyl halides is 3. The molecule has 2 aliphatic heterocycles. The molecule has 0 unspecified atom stereocenters. The van der Waals surface area contributed by atoms with Gasteiger partial charge < -0.3 is 47.9 Å². The average molecular weight is 832 g/mol. The fraction of sp³-hybridized carbons (Fsp3) is 0.500. The fourth-order valence-corrected chi connectivity index (χ4v) is 5.99. The van der Waals surface area contributed by atoms with E-state index in [0.29, 0.717) is 0 Å². The zero-order valence-electron chi connectivity index (χ0n) is 30.3. The molecule has 10 atom stereocenters. The van der Waals surface area contributed by atoms with Crippen LogP contribution in [0.1, 0.15) is 50.5 Å². The third kappa shape index (κ3) is 12.5. The van der Waals surface area contributed by atoms with Crippen LogP contribution in [0.4, 0.5) is 0 Å². The standard InChI is InChI=1S/C36H41Cl3N2O14/c1-18-27(48-16-23-12-8-6-9-13-23)30(31(34(49-18)55-35(40)36(37,38)39)53-32(46)24-14-10-7-11-15-24)54-33-26(41-19(2)42)29(51-22(5)45)28(50-21(4)44)25(52-33)17-47-20(3)43/h6-15,18,25-31,33-34,40H,16-17H2,1-5H3,(H,41,42)/t18-,25+,26+,27-,28+,29+,30+,31+,33+,34-/m0/s1. The highest BCUT2D eigenvalue weighted by Gasteiger charge is 2.56. The number of nitrogens with one attached hydrogen (secondary N) is 2. The van der Waals surface area contributed by atoms with Gasteiger partial charge in [0, 0.05) is 27.7 Å². The van der Waals surface area contributed by atoms with Crippen molar-refractivity contribution >= 4 is 70.5 Å². The van der Waals surface area contributed by atoms with Gasteiger partial charge in [0.05, 0.1) is 18.3 Å². The second-order valence-electron chi connectivity index (χ2n) is 12.5. The Morgan fingerprint density at radius 1 is 0.727 bits per heavy atom. The van der Waals surface area contributed by atoms with E-state index in [0.717, 1.165) is 26.3 Å². The molecule has 0 spiro atoms. The summed E-state index contributed by atoms with van der Waals surface area (Å²) in [7, 11) is 0. The Balaban J connectivity index is 1.86. The molecule has 2 aromatic rings. The molecule has 2 fully saturated rings. The van der Waals surface area contributed by atoms with Gasteiger partial charge in [-0.3, -0.25) is 24.6 Å². The number of benzene rings is 2. The van der Waals surface area contributed by atoms with Crippen LogP contribution in [0.25, 0.3) is 0 Å². The Bertz CT molecular complexity index is 1660. The van der Waals surface area contributed by atoms with Crippen molar-refractivity contribution in [2.75, 3.05) is 6.61 Å². The molecular formula is C36H41Cl3N2O14. The Kier molecular flexibility index (Phi) is 15.7. The van der Waals surface area contributed by atoms with E-state index in [-0.39, 0.29) is 12.2 Å². The predicted octanol–water partition coefficient (Wildman–Crippen LogP) is 3.95. The van der Waals surface area contributed by atoms with Crippen molar-refractivity contribution in [1.29, 1.82) is 5.41 Å². The van der Waals surface area contributed by atoms with Crippen LogP contribution in [-0.4, -0.2) is 107 Å². The first-order valence-electron chi connectivity index (χ1n) is 16.9. The molecule has 0 radical (unpaired) electrons. The largest absolute Gasteiger partial charge is 0.463 e. The van der Waals surface area contributed by atoms with Crippen LogP contribution < -0.4 is 5.32 Å². The molecule has 2 N–H and O–H groups in total. The van der Waals surface area contributed by atoms with Crippen molar-refractivity contribution in [3.05, 3.63) is 71.8 Å². The second-order valence-corrected chi connectivity index (χ2v) is 14.8. The maximum atomic E-state index is 13.7. The Morgan fingerprint density at radius 2 is 1.33 bits per heavy atom. The molecule has 300 valence electrons. The second kappa shape index (κ2) is 19.7. The van der Waals surface area contributed by atoms with Gasteiger partial charge in [-0.15, -0.1) is 0 Å². The van der Waals surface area contributed by atoms with Crippen LogP contribution in [0.3, 0.4) is 0 Å². The molecule has 4 rings (SSSR count). The minimum Gasteiger partial charge on any atom is -0.463 e. The van der Waals surface area contributed by atoms with Gasteiger partial charge in [0.1, 0.15) is 31.0 Å². The predicted molar refractivity (Wildman–Crippen MR) is 193 cm³/mol. The minimum atomic E-state index is -2.37. The molecule has 55 heavy (non-hydrogen) atoms. The first-order chi connectivity index (χ1) is 25.9. The summed E-state index contributed by atoms with van der Waals surface area (Å²) in [6.07, 6.45) is -12.8. The number of hydrogen-bond donors (Lipinski definition) is 2. The minimum absolute atomic E-state index is 0.00572. The Morgan fingerprint density at radius 3 is 1.89 bits per heavy atom. The van der Waals surface area contributed by atoms with Crippen LogP contribution in [0.5, 0.6) is 0 Å². The monoisotopic (exact) mass is 830 g/mol. The smallest absolute Gasteiger partial charge is 0.338 e. The van der Waals surface area contributed by atoms with Crippen molar-refractivity contribution in [3.63, 3.8) is 0 Å². The normalized spacial score (nSPS) is 27.9. The summed E-state index contributed by atoms with van der Waals surface area (Å²) in [5, 5.41) is 10.9. The molecule has 0 bridgehead atoms. The van der Waals surface area contributed by atoms with Gasteiger partial charge in [-0.05, 0) is 24.6 Å². The van der Waals surface area contributed by atoms with Gasteiger partial charge >= 0.3 is 23.9 Å². The van der Waals surface area contributed by atoms with Gasteiger partial charge in [0.25, 0.3) is 3.79 Å². The number of halogens is 3. The molecule has 0 aliphatic carbocycles. The SMILES string of the molecule is CC(=O)N[C@H]1[C@@H](O[C@@H]2[C@@H](OCc3ccccc3)[C@H](C)O[C@@H](OC(=N)C(Cl)(Cl)Cl)[C@@H]2OC(=O)c2ccccc2)O[C@H](COC(C)=O)[C@@H](OC(C)=O)[C@@H]1OC(C)=O. The number of rotatable bonds is 13. The summed E-state index contributed by atoms with van der Waals surface area (Å²) >= 11 is 17.9. The van der Waals surface area contributed by atoms with Crippen LogP contribution in [-0.2, 0) is 68.4 Å². The van der Waals surface area contributed by atoms with E-state index in [1.165, 1.54) is 19.1 Å². The lowest BCUT2D eigenvalue weighted by atomic mass is 9.94. The molecule has 2 aromatic carbocycles. The quantitative estimate of drug-likeness (QED) is 0.0966. The van der Waals surface area contributed by atoms with E-state index in [1.807, 2.05) is 6.07 Å². The van der Waals surface area contributed by atoms with E-state index < -0.39 is 107 Å². The lowest BCUT2D eigenvalue weighted by molar-refractivity contribution is -0.341. The zero-order chi connectivity index (χ0) is 40.4. The maximum Gasteiger partial charge on any atom is 0.338 e. The number of esters is 4. The van der Waals surface area contributed by atoms with Gasteiger partial charge in [-0.2, -0.15) is 0 Å². The van der Waals surface area contributed by atoms with Crippen molar-refractivity contribution < 1.29 is 66.6 Å². The number of carbonyl (C=O) groups is 5. The van der Waals surface area contributed by atoms with Crippen LogP contribution in [0, 0.1) is 5.41 Å². The average Bonchev–Trinajstić information content (AvgIpc) is 3.10. The first-order valence-corrected chi connectivity index (χ1v) is 18.0. The van der Waals surface area contributed by atoms with Gasteiger partial charge in [0.15, 0.2) is 24.6 Å². The van der Waals surface area contributed by atoms with Crippen molar-refractivity contribution in [3.8, 4) is 0 Å².